The van der Waals surface area contributed by atoms with Gasteiger partial charge in [-0.2, -0.15) is 17.9 Å². The SMILES string of the molecule is CC(C)CCCc1c(-c2cc3c(n2OC(=O)C(F)(F)F)CCNC3=O)ccnc1-c1cccnc1. The number of hydrogen-bond donors (Lipinski definition) is 1. The minimum Gasteiger partial charge on any atom is -0.352 e. The van der Waals surface area contributed by atoms with Gasteiger partial charge in [0.15, 0.2) is 0 Å². The van der Waals surface area contributed by atoms with Crippen LogP contribution in [0.5, 0.6) is 0 Å². The molecule has 35 heavy (non-hydrogen) atoms. The van der Waals surface area contributed by atoms with Gasteiger partial charge in [-0.05, 0) is 48.6 Å². The Kier molecular flexibility index (Phi) is 6.90. The summed E-state index contributed by atoms with van der Waals surface area (Å²) in [4.78, 5) is 37.8. The van der Waals surface area contributed by atoms with Gasteiger partial charge in [0.05, 0.1) is 22.6 Å². The van der Waals surface area contributed by atoms with Gasteiger partial charge in [-0.15, -0.1) is 0 Å². The highest BCUT2D eigenvalue weighted by molar-refractivity contribution is 5.98. The summed E-state index contributed by atoms with van der Waals surface area (Å²) in [6.07, 6.45) is 2.21. The number of nitrogens with one attached hydrogen (secondary N) is 1. The van der Waals surface area contributed by atoms with Crippen molar-refractivity contribution < 1.29 is 27.6 Å². The fraction of sp³-hybridized carbons (Fsp3) is 0.360. The average molecular weight is 486 g/mol. The Balaban J connectivity index is 1.90. The molecule has 0 saturated carbocycles. The lowest BCUT2D eigenvalue weighted by molar-refractivity contribution is -0.199. The van der Waals surface area contributed by atoms with Crippen LogP contribution in [0.15, 0.2) is 42.9 Å². The van der Waals surface area contributed by atoms with E-state index in [1.165, 1.54) is 6.07 Å². The van der Waals surface area contributed by atoms with E-state index in [1.807, 2.05) is 6.07 Å². The van der Waals surface area contributed by atoms with Gasteiger partial charge in [-0.3, -0.25) is 14.8 Å². The lowest BCUT2D eigenvalue weighted by Gasteiger charge is -2.19. The average Bonchev–Trinajstić information content (AvgIpc) is 3.18. The maximum Gasteiger partial charge on any atom is 0.493 e. The maximum absolute atomic E-state index is 13.1. The zero-order valence-electron chi connectivity index (χ0n) is 19.4. The highest BCUT2D eigenvalue weighted by atomic mass is 19.4. The zero-order chi connectivity index (χ0) is 25.2. The molecule has 0 bridgehead atoms. The third kappa shape index (κ3) is 5.21. The molecule has 1 aliphatic rings. The molecule has 0 spiro atoms. The Morgan fingerprint density at radius 3 is 2.71 bits per heavy atom. The summed E-state index contributed by atoms with van der Waals surface area (Å²) in [5.74, 6) is -2.33. The van der Waals surface area contributed by atoms with Gasteiger partial charge in [-0.25, -0.2) is 4.79 Å². The zero-order valence-corrected chi connectivity index (χ0v) is 19.4. The summed E-state index contributed by atoms with van der Waals surface area (Å²) < 4.78 is 40.2. The first-order valence-electron chi connectivity index (χ1n) is 11.4. The minimum absolute atomic E-state index is 0.175. The summed E-state index contributed by atoms with van der Waals surface area (Å²) in [5.41, 5.74) is 3.29. The topological polar surface area (TPSA) is 86.1 Å². The number of fused-ring (bicyclic) bond motifs is 1. The van der Waals surface area contributed by atoms with Crippen LogP contribution >= 0.6 is 0 Å². The second-order valence-corrected chi connectivity index (χ2v) is 8.78. The number of aromatic nitrogens is 3. The number of hydrogen-bond acceptors (Lipinski definition) is 5. The van der Waals surface area contributed by atoms with Crippen LogP contribution in [0, 0.1) is 5.92 Å². The van der Waals surface area contributed by atoms with Crippen LogP contribution in [0.4, 0.5) is 13.2 Å². The van der Waals surface area contributed by atoms with Crippen LogP contribution in [0.2, 0.25) is 0 Å². The molecule has 10 heteroatoms. The molecular weight excluding hydrogens is 461 g/mol. The van der Waals surface area contributed by atoms with Crippen molar-refractivity contribution in [2.45, 2.75) is 45.7 Å². The van der Waals surface area contributed by atoms with Crippen LogP contribution in [0.3, 0.4) is 0 Å². The summed E-state index contributed by atoms with van der Waals surface area (Å²) >= 11 is 0. The van der Waals surface area contributed by atoms with Crippen molar-refractivity contribution >= 4 is 11.9 Å². The summed E-state index contributed by atoms with van der Waals surface area (Å²) in [7, 11) is 0. The largest absolute Gasteiger partial charge is 0.493 e. The molecule has 4 rings (SSSR count). The molecule has 1 amide bonds. The van der Waals surface area contributed by atoms with Crippen LogP contribution in [0.25, 0.3) is 22.5 Å². The van der Waals surface area contributed by atoms with Crippen LogP contribution in [0.1, 0.15) is 48.3 Å². The molecule has 0 unspecified atom stereocenters. The van der Waals surface area contributed by atoms with Crippen molar-refractivity contribution in [3.05, 3.63) is 59.7 Å². The second-order valence-electron chi connectivity index (χ2n) is 8.78. The predicted octanol–water partition coefficient (Wildman–Crippen LogP) is 4.39. The van der Waals surface area contributed by atoms with E-state index >= 15 is 0 Å². The van der Waals surface area contributed by atoms with Gasteiger partial charge in [0.2, 0.25) is 0 Å². The molecule has 0 aromatic carbocycles. The van der Waals surface area contributed by atoms with Crippen LogP contribution in [-0.4, -0.2) is 39.3 Å². The third-order valence-electron chi connectivity index (χ3n) is 5.83. The molecule has 0 fully saturated rings. The molecule has 0 aliphatic carbocycles. The van der Waals surface area contributed by atoms with Crippen LogP contribution < -0.4 is 10.2 Å². The van der Waals surface area contributed by atoms with Gasteiger partial charge >= 0.3 is 12.1 Å². The number of pyridine rings is 2. The summed E-state index contributed by atoms with van der Waals surface area (Å²) in [6.45, 7) is 4.44. The molecule has 184 valence electrons. The second kappa shape index (κ2) is 9.89. The quantitative estimate of drug-likeness (QED) is 0.535. The Hall–Kier alpha value is -3.69. The van der Waals surface area contributed by atoms with E-state index in [1.54, 1.807) is 30.7 Å². The lowest BCUT2D eigenvalue weighted by atomic mass is 9.94. The fourth-order valence-corrected chi connectivity index (χ4v) is 4.21. The first-order valence-corrected chi connectivity index (χ1v) is 11.4. The van der Waals surface area contributed by atoms with E-state index < -0.39 is 18.1 Å². The molecule has 3 aromatic rings. The molecule has 0 saturated heterocycles. The molecule has 7 nitrogen and oxygen atoms in total. The van der Waals surface area contributed by atoms with Gasteiger partial charge in [0.1, 0.15) is 0 Å². The molecule has 1 N–H and O–H groups in total. The number of halogens is 3. The normalized spacial score (nSPS) is 13.5. The Bertz CT molecular complexity index is 1240. The number of rotatable bonds is 7. The van der Waals surface area contributed by atoms with E-state index in [0.29, 0.717) is 23.6 Å². The number of alkyl halides is 3. The number of carbonyl (C=O) groups excluding carboxylic acids is 2. The monoisotopic (exact) mass is 486 g/mol. The Labute approximate surface area is 200 Å². The molecule has 0 atom stereocenters. The lowest BCUT2D eigenvalue weighted by Crippen LogP contribution is -2.37. The Morgan fingerprint density at radius 1 is 1.23 bits per heavy atom. The van der Waals surface area contributed by atoms with Crippen molar-refractivity contribution in [1.82, 2.24) is 20.0 Å². The van der Waals surface area contributed by atoms with E-state index in [2.05, 4.69) is 29.1 Å². The summed E-state index contributed by atoms with van der Waals surface area (Å²) in [6, 6.07) is 6.77. The van der Waals surface area contributed by atoms with Gasteiger partial charge in [-0.1, -0.05) is 20.3 Å². The Morgan fingerprint density at radius 2 is 2.03 bits per heavy atom. The van der Waals surface area contributed by atoms with Gasteiger partial charge in [0, 0.05) is 42.7 Å². The molecule has 1 aliphatic heterocycles. The van der Waals surface area contributed by atoms with Gasteiger partial charge in [0.25, 0.3) is 5.91 Å². The van der Waals surface area contributed by atoms with E-state index in [9.17, 15) is 22.8 Å². The maximum atomic E-state index is 13.1. The van der Waals surface area contributed by atoms with Crippen molar-refractivity contribution in [3.8, 4) is 22.5 Å². The van der Waals surface area contributed by atoms with Gasteiger partial charge < -0.3 is 10.2 Å². The summed E-state index contributed by atoms with van der Waals surface area (Å²) in [5, 5.41) is 2.68. The van der Waals surface area contributed by atoms with Crippen molar-refractivity contribution in [3.63, 3.8) is 0 Å². The first kappa shape index (κ1) is 24.4. The number of carbonyl (C=O) groups is 2. The van der Waals surface area contributed by atoms with Crippen LogP contribution in [-0.2, 0) is 17.6 Å². The van der Waals surface area contributed by atoms with Crippen molar-refractivity contribution in [2.24, 2.45) is 5.92 Å². The van der Waals surface area contributed by atoms with E-state index in [4.69, 9.17) is 4.84 Å². The predicted molar refractivity (Wildman–Crippen MR) is 122 cm³/mol. The van der Waals surface area contributed by atoms with E-state index in [-0.39, 0.29) is 29.9 Å². The third-order valence-corrected chi connectivity index (χ3v) is 5.83. The highest BCUT2D eigenvalue weighted by Crippen LogP contribution is 2.35. The smallest absolute Gasteiger partial charge is 0.352 e. The molecular formula is C25H25F3N4O3. The van der Waals surface area contributed by atoms with E-state index in [0.717, 1.165) is 28.7 Å². The first-order chi connectivity index (χ1) is 16.7. The highest BCUT2D eigenvalue weighted by Gasteiger charge is 2.43. The minimum atomic E-state index is -5.19. The number of amides is 1. The van der Waals surface area contributed by atoms with Crippen molar-refractivity contribution in [1.29, 1.82) is 0 Å². The molecule has 0 radical (unpaired) electrons. The molecule has 4 heterocycles. The molecule has 3 aromatic heterocycles. The fourth-order valence-electron chi connectivity index (χ4n) is 4.21. The standard InChI is InChI=1S/C25H25F3N4O3/c1-15(2)5-3-7-18-17(8-11-30-22(18)16-6-4-10-29-14-16)21-13-19-20(9-12-31-23(19)33)32(21)35-24(34)25(26,27)28/h4,6,8,10-11,13-15H,3,5,7,9,12H2,1-2H3,(H,31,33). The van der Waals surface area contributed by atoms with Crippen molar-refractivity contribution in [2.75, 3.05) is 6.54 Å². The number of nitrogens with zero attached hydrogens (tertiary/aromatic N) is 3.